The Morgan fingerprint density at radius 3 is 2.20 bits per heavy atom. The first-order valence-corrected chi connectivity index (χ1v) is 15.2. The van der Waals surface area contributed by atoms with Gasteiger partial charge in [-0.3, -0.25) is 19.2 Å². The summed E-state index contributed by atoms with van der Waals surface area (Å²) in [6.45, 7) is 15.3. The minimum Gasteiger partial charge on any atom is -0.462 e. The Morgan fingerprint density at radius 2 is 1.57 bits per heavy atom. The molecule has 0 radical (unpaired) electrons. The van der Waals surface area contributed by atoms with Crippen molar-refractivity contribution >= 4 is 23.7 Å². The lowest BCUT2D eigenvalue weighted by atomic mass is 9.50. The first kappa shape index (κ1) is 30.5. The number of carbonyl (C=O) groups excluding carboxylic acids is 4. The van der Waals surface area contributed by atoms with Crippen LogP contribution in [0.15, 0.2) is 23.3 Å². The van der Waals surface area contributed by atoms with E-state index in [0.29, 0.717) is 42.7 Å². The fraction of sp³-hybridized carbons (Fsp3) is 0.758. The molecule has 0 aromatic heterocycles. The van der Waals surface area contributed by atoms with E-state index in [1.807, 2.05) is 6.92 Å². The van der Waals surface area contributed by atoms with Crippen LogP contribution in [0.2, 0.25) is 0 Å². The number of ketones is 1. The SMILES string of the molecule is C=C1C2[C@H](OC(C)=O)C3CC(=O)C(C)=C(C[C@@H](OC(C)=O)[C@]2(C)CC[C@@H]1OC(=O)CCC1CCCCC1)C3(C)C. The molecule has 222 valence electrons. The van der Waals surface area contributed by atoms with Gasteiger partial charge in [0, 0.05) is 50.4 Å². The zero-order chi connectivity index (χ0) is 29.4. The molecule has 0 spiro atoms. The van der Waals surface area contributed by atoms with E-state index in [-0.39, 0.29) is 24.1 Å². The van der Waals surface area contributed by atoms with E-state index in [9.17, 15) is 19.2 Å². The van der Waals surface area contributed by atoms with Gasteiger partial charge < -0.3 is 14.2 Å². The predicted octanol–water partition coefficient (Wildman–Crippen LogP) is 6.43. The quantitative estimate of drug-likeness (QED) is 0.211. The zero-order valence-corrected chi connectivity index (χ0v) is 25.3. The van der Waals surface area contributed by atoms with E-state index >= 15 is 0 Å². The van der Waals surface area contributed by atoms with Crippen molar-refractivity contribution in [3.05, 3.63) is 23.3 Å². The molecule has 3 fully saturated rings. The van der Waals surface area contributed by atoms with Crippen LogP contribution in [-0.2, 0) is 33.4 Å². The number of fused-ring (bicyclic) bond motifs is 3. The smallest absolute Gasteiger partial charge is 0.306 e. The lowest BCUT2D eigenvalue weighted by molar-refractivity contribution is -0.184. The Kier molecular flexibility index (Phi) is 9.01. The number of Topliss-reactive ketones (excluding diaryl/α,β-unsaturated/α-hetero) is 1. The van der Waals surface area contributed by atoms with Gasteiger partial charge >= 0.3 is 17.9 Å². The molecule has 0 aromatic carbocycles. The van der Waals surface area contributed by atoms with Crippen molar-refractivity contribution in [2.75, 3.05) is 0 Å². The minimum absolute atomic E-state index is 0.0220. The fourth-order valence-corrected chi connectivity index (χ4v) is 8.30. The largest absolute Gasteiger partial charge is 0.462 e. The van der Waals surface area contributed by atoms with Gasteiger partial charge in [0.05, 0.1) is 0 Å². The van der Waals surface area contributed by atoms with Crippen LogP contribution in [0.4, 0.5) is 0 Å². The first-order valence-electron chi connectivity index (χ1n) is 15.2. The van der Waals surface area contributed by atoms with Crippen LogP contribution in [0.1, 0.15) is 112 Å². The van der Waals surface area contributed by atoms with Crippen molar-refractivity contribution in [2.45, 2.75) is 130 Å². The molecule has 0 aliphatic heterocycles. The zero-order valence-electron chi connectivity index (χ0n) is 25.3. The van der Waals surface area contributed by atoms with Crippen molar-refractivity contribution in [3.8, 4) is 0 Å². The summed E-state index contributed by atoms with van der Waals surface area (Å²) in [6, 6.07) is 0. The van der Waals surface area contributed by atoms with E-state index in [1.54, 1.807) is 0 Å². The van der Waals surface area contributed by atoms with Crippen LogP contribution in [0.25, 0.3) is 0 Å². The summed E-state index contributed by atoms with van der Waals surface area (Å²) >= 11 is 0. The molecule has 0 aromatic rings. The summed E-state index contributed by atoms with van der Waals surface area (Å²) in [6.07, 6.45) is 7.41. The second-order valence-electron chi connectivity index (χ2n) is 13.6. The number of esters is 3. The topological polar surface area (TPSA) is 96.0 Å². The number of allylic oxidation sites excluding steroid dienone is 1. The Balaban J connectivity index is 1.69. The maximum atomic E-state index is 13.3. The predicted molar refractivity (Wildman–Crippen MR) is 151 cm³/mol. The fourth-order valence-electron chi connectivity index (χ4n) is 8.30. The lowest BCUT2D eigenvalue weighted by Gasteiger charge is -2.58. The molecule has 0 heterocycles. The third-order valence-electron chi connectivity index (χ3n) is 10.7. The molecule has 40 heavy (non-hydrogen) atoms. The third kappa shape index (κ3) is 5.94. The van der Waals surface area contributed by atoms with Gasteiger partial charge in [-0.25, -0.2) is 0 Å². The number of hydrogen-bond donors (Lipinski definition) is 0. The highest BCUT2D eigenvalue weighted by atomic mass is 16.6. The maximum Gasteiger partial charge on any atom is 0.306 e. The van der Waals surface area contributed by atoms with Crippen LogP contribution in [0, 0.1) is 28.6 Å². The van der Waals surface area contributed by atoms with Gasteiger partial charge in [0.1, 0.15) is 18.3 Å². The van der Waals surface area contributed by atoms with Crippen molar-refractivity contribution in [3.63, 3.8) is 0 Å². The number of hydrogen-bond acceptors (Lipinski definition) is 7. The van der Waals surface area contributed by atoms with Crippen molar-refractivity contribution in [2.24, 2.45) is 28.6 Å². The summed E-state index contributed by atoms with van der Waals surface area (Å²) in [5.74, 6) is -1.20. The Hall–Kier alpha value is -2.44. The minimum atomic E-state index is -0.681. The van der Waals surface area contributed by atoms with Crippen LogP contribution in [0.5, 0.6) is 0 Å². The molecule has 7 heteroatoms. The molecule has 4 aliphatic carbocycles. The van der Waals surface area contributed by atoms with E-state index in [0.717, 1.165) is 12.0 Å². The Bertz CT molecular complexity index is 1080. The number of carbonyl (C=O) groups is 4. The highest BCUT2D eigenvalue weighted by Gasteiger charge is 2.60. The van der Waals surface area contributed by atoms with Gasteiger partial charge in [0.15, 0.2) is 5.78 Å². The molecule has 0 amide bonds. The number of ether oxygens (including phenoxy) is 3. The summed E-state index contributed by atoms with van der Waals surface area (Å²) in [5.41, 5.74) is 1.23. The molecule has 4 rings (SSSR count). The van der Waals surface area contributed by atoms with Gasteiger partial charge in [-0.15, -0.1) is 0 Å². The maximum absolute atomic E-state index is 13.3. The Labute approximate surface area is 239 Å². The van der Waals surface area contributed by atoms with Crippen LogP contribution in [-0.4, -0.2) is 42.0 Å². The first-order chi connectivity index (χ1) is 18.8. The van der Waals surface area contributed by atoms with Crippen LogP contribution in [0.3, 0.4) is 0 Å². The third-order valence-corrected chi connectivity index (χ3v) is 10.7. The van der Waals surface area contributed by atoms with Gasteiger partial charge in [-0.05, 0) is 48.7 Å². The molecule has 4 aliphatic rings. The average molecular weight is 557 g/mol. The normalized spacial score (nSPS) is 34.3. The second-order valence-corrected chi connectivity index (χ2v) is 13.6. The van der Waals surface area contributed by atoms with Gasteiger partial charge in [0.25, 0.3) is 0 Å². The molecular weight excluding hydrogens is 508 g/mol. The standard InChI is InChI=1S/C33H48O7/c1-19-24-18-28(38-21(3)34)33(7)16-15-27(40-29(37)14-13-23-11-9-8-10-12-23)20(2)30(33)31(39-22(4)35)25(17-26(19)36)32(24,5)6/h23,25,27-28,30-31H,2,8-18H2,1,3-7H3/t25?,27-,28+,30?,31+,33-/m0/s1. The van der Waals surface area contributed by atoms with Gasteiger partial charge in [-0.2, -0.15) is 0 Å². The molecule has 6 atom stereocenters. The molecule has 0 N–H and O–H groups in total. The van der Waals surface area contributed by atoms with E-state index in [4.69, 9.17) is 14.2 Å². The second kappa shape index (κ2) is 11.8. The molecule has 2 bridgehead atoms. The molecule has 2 unspecified atom stereocenters. The molecule has 3 saturated carbocycles. The number of rotatable bonds is 6. The molecular formula is C33H48O7. The van der Waals surface area contributed by atoms with Gasteiger partial charge in [-0.1, -0.05) is 65.0 Å². The lowest BCUT2D eigenvalue weighted by Crippen LogP contribution is -2.59. The van der Waals surface area contributed by atoms with E-state index < -0.39 is 47.0 Å². The Morgan fingerprint density at radius 1 is 0.925 bits per heavy atom. The van der Waals surface area contributed by atoms with Crippen molar-refractivity contribution in [1.82, 2.24) is 0 Å². The highest BCUT2D eigenvalue weighted by Crippen LogP contribution is 2.60. The van der Waals surface area contributed by atoms with E-state index in [2.05, 4.69) is 27.4 Å². The van der Waals surface area contributed by atoms with Crippen LogP contribution >= 0.6 is 0 Å². The summed E-state index contributed by atoms with van der Waals surface area (Å²) in [4.78, 5) is 51.2. The highest BCUT2D eigenvalue weighted by molar-refractivity contribution is 5.97. The van der Waals surface area contributed by atoms with Gasteiger partial charge in [0.2, 0.25) is 0 Å². The van der Waals surface area contributed by atoms with Crippen LogP contribution < -0.4 is 0 Å². The average Bonchev–Trinajstić information content (AvgIpc) is 2.88. The summed E-state index contributed by atoms with van der Waals surface area (Å²) in [5, 5.41) is 0. The summed E-state index contributed by atoms with van der Waals surface area (Å²) in [7, 11) is 0. The van der Waals surface area contributed by atoms with Crippen molar-refractivity contribution < 1.29 is 33.4 Å². The monoisotopic (exact) mass is 556 g/mol. The van der Waals surface area contributed by atoms with E-state index in [1.165, 1.54) is 46.0 Å². The summed E-state index contributed by atoms with van der Waals surface area (Å²) < 4.78 is 18.2. The molecule has 7 nitrogen and oxygen atoms in total. The molecule has 0 saturated heterocycles. The van der Waals surface area contributed by atoms with Crippen molar-refractivity contribution in [1.29, 1.82) is 0 Å².